The summed E-state index contributed by atoms with van der Waals surface area (Å²) < 4.78 is 36.1. The highest BCUT2D eigenvalue weighted by molar-refractivity contribution is 7.92. The number of methoxy groups -OCH3 is 1. The minimum atomic E-state index is -4.12. The summed E-state index contributed by atoms with van der Waals surface area (Å²) in [5.41, 5.74) is 1.81. The first-order chi connectivity index (χ1) is 16.6. The van der Waals surface area contributed by atoms with Gasteiger partial charge in [-0.2, -0.15) is 0 Å². The van der Waals surface area contributed by atoms with Crippen LogP contribution >= 0.6 is 11.6 Å². The Kier molecular flexibility index (Phi) is 6.60. The van der Waals surface area contributed by atoms with Crippen molar-refractivity contribution in [2.75, 3.05) is 23.3 Å². The lowest BCUT2D eigenvalue weighted by molar-refractivity contribution is -0.114. The Labute approximate surface area is 207 Å². The van der Waals surface area contributed by atoms with Crippen molar-refractivity contribution < 1.29 is 17.9 Å². The quantitative estimate of drug-likeness (QED) is 0.407. The van der Waals surface area contributed by atoms with Crippen LogP contribution in [-0.2, 0) is 28.9 Å². The van der Waals surface area contributed by atoms with Gasteiger partial charge in [-0.05, 0) is 60.7 Å². The molecule has 0 aliphatic carbocycles. The summed E-state index contributed by atoms with van der Waals surface area (Å²) in [4.78, 5) is 25.2. The number of nitrogens with one attached hydrogen (secondary N) is 1. The zero-order chi connectivity index (χ0) is 25.3. The molecule has 3 aromatic carbocycles. The van der Waals surface area contributed by atoms with Crippen molar-refractivity contribution in [3.05, 3.63) is 82.2 Å². The number of aryl methyl sites for hydroxylation is 2. The van der Waals surface area contributed by atoms with E-state index in [-0.39, 0.29) is 16.3 Å². The van der Waals surface area contributed by atoms with Gasteiger partial charge >= 0.3 is 5.69 Å². The molecule has 1 amide bonds. The number of rotatable bonds is 7. The highest BCUT2D eigenvalue weighted by Gasteiger charge is 2.27. The van der Waals surface area contributed by atoms with Crippen molar-refractivity contribution in [2.45, 2.75) is 4.90 Å². The van der Waals surface area contributed by atoms with Crippen molar-refractivity contribution in [3.8, 4) is 5.75 Å². The Morgan fingerprint density at radius 2 is 1.69 bits per heavy atom. The highest BCUT2D eigenvalue weighted by atomic mass is 35.5. The van der Waals surface area contributed by atoms with E-state index < -0.39 is 22.5 Å². The number of benzene rings is 3. The second-order valence-electron chi connectivity index (χ2n) is 7.82. The average Bonchev–Trinajstić information content (AvgIpc) is 3.06. The molecule has 0 aliphatic heterocycles. The molecule has 35 heavy (non-hydrogen) atoms. The number of carbonyl (C=O) groups is 1. The molecule has 0 unspecified atom stereocenters. The normalized spacial score (nSPS) is 11.4. The molecule has 0 fully saturated rings. The monoisotopic (exact) mass is 514 g/mol. The summed E-state index contributed by atoms with van der Waals surface area (Å²) in [6.45, 7) is -0.500. The topological polar surface area (TPSA) is 103 Å². The number of halogens is 1. The Hall–Kier alpha value is -3.76. The molecule has 182 valence electrons. The van der Waals surface area contributed by atoms with E-state index in [1.54, 1.807) is 50.5 Å². The standard InChI is InChI=1S/C24H23ClN4O5S/c1-27-21-12-7-17(14-22(21)28(2)24(27)31)26-23(30)15-29(18-6-4-5-16(25)13-18)35(32,33)20-10-8-19(34-3)9-11-20/h4-14H,15H2,1-3H3,(H,26,30). The van der Waals surface area contributed by atoms with Crippen LogP contribution in [0.15, 0.2) is 76.4 Å². The van der Waals surface area contributed by atoms with Crippen molar-refractivity contribution in [1.82, 2.24) is 9.13 Å². The van der Waals surface area contributed by atoms with Crippen molar-refractivity contribution in [2.24, 2.45) is 14.1 Å². The van der Waals surface area contributed by atoms with Gasteiger partial charge in [0.1, 0.15) is 12.3 Å². The van der Waals surface area contributed by atoms with E-state index in [2.05, 4.69) is 5.32 Å². The van der Waals surface area contributed by atoms with Crippen LogP contribution < -0.4 is 20.0 Å². The molecule has 4 aromatic rings. The fourth-order valence-corrected chi connectivity index (χ4v) is 5.33. The maximum absolute atomic E-state index is 13.5. The lowest BCUT2D eigenvalue weighted by Gasteiger charge is -2.24. The zero-order valence-electron chi connectivity index (χ0n) is 19.2. The first-order valence-corrected chi connectivity index (χ1v) is 12.3. The Morgan fingerprint density at radius 3 is 2.34 bits per heavy atom. The minimum Gasteiger partial charge on any atom is -0.497 e. The van der Waals surface area contributed by atoms with E-state index in [0.717, 1.165) is 4.31 Å². The SMILES string of the molecule is COc1ccc(S(=O)(=O)N(CC(=O)Nc2ccc3c(c2)n(C)c(=O)n3C)c2cccc(Cl)c2)cc1. The molecule has 1 aromatic heterocycles. The van der Waals surface area contributed by atoms with E-state index >= 15 is 0 Å². The molecule has 9 nitrogen and oxygen atoms in total. The molecular weight excluding hydrogens is 492 g/mol. The maximum Gasteiger partial charge on any atom is 0.328 e. The molecule has 0 saturated heterocycles. The van der Waals surface area contributed by atoms with Gasteiger partial charge in [-0.1, -0.05) is 17.7 Å². The van der Waals surface area contributed by atoms with Gasteiger partial charge in [0.25, 0.3) is 10.0 Å². The predicted molar refractivity (Wildman–Crippen MR) is 136 cm³/mol. The van der Waals surface area contributed by atoms with Gasteiger partial charge in [0.15, 0.2) is 0 Å². The van der Waals surface area contributed by atoms with Crippen LogP contribution in [0.1, 0.15) is 0 Å². The average molecular weight is 515 g/mol. The molecule has 4 rings (SSSR count). The number of fused-ring (bicyclic) bond motifs is 1. The number of ether oxygens (including phenoxy) is 1. The highest BCUT2D eigenvalue weighted by Crippen LogP contribution is 2.27. The molecule has 0 aliphatic rings. The van der Waals surface area contributed by atoms with E-state index in [1.807, 2.05) is 0 Å². The Morgan fingerprint density at radius 1 is 1.00 bits per heavy atom. The number of carbonyl (C=O) groups excluding carboxylic acids is 1. The van der Waals surface area contributed by atoms with Gasteiger partial charge in [-0.3, -0.25) is 18.2 Å². The summed E-state index contributed by atoms with van der Waals surface area (Å²) in [6, 6.07) is 17.2. The minimum absolute atomic E-state index is 0.00761. The molecule has 1 N–H and O–H groups in total. The number of amides is 1. The third-order valence-corrected chi connectivity index (χ3v) is 7.61. The molecule has 0 saturated carbocycles. The van der Waals surface area contributed by atoms with Crippen molar-refractivity contribution in [1.29, 1.82) is 0 Å². The lowest BCUT2D eigenvalue weighted by Crippen LogP contribution is -2.38. The smallest absolute Gasteiger partial charge is 0.328 e. The Bertz CT molecular complexity index is 1580. The van der Waals surface area contributed by atoms with Crippen LogP contribution in [0.4, 0.5) is 11.4 Å². The number of anilines is 2. The van der Waals surface area contributed by atoms with E-state index in [4.69, 9.17) is 16.3 Å². The van der Waals surface area contributed by atoms with Gasteiger partial charge in [-0.25, -0.2) is 13.2 Å². The fraction of sp³-hybridized carbons (Fsp3) is 0.167. The van der Waals surface area contributed by atoms with Crippen LogP contribution in [0.2, 0.25) is 5.02 Å². The van der Waals surface area contributed by atoms with Crippen LogP contribution in [0, 0.1) is 0 Å². The Balaban J connectivity index is 1.66. The van der Waals surface area contributed by atoms with Crippen LogP contribution in [0.5, 0.6) is 5.75 Å². The van der Waals surface area contributed by atoms with Gasteiger partial charge in [0.2, 0.25) is 5.91 Å². The number of imidazole rings is 1. The number of hydrogen-bond acceptors (Lipinski definition) is 5. The van der Waals surface area contributed by atoms with Crippen LogP contribution in [-0.4, -0.2) is 37.1 Å². The summed E-state index contributed by atoms with van der Waals surface area (Å²) in [5, 5.41) is 3.05. The molecule has 0 radical (unpaired) electrons. The molecule has 1 heterocycles. The first-order valence-electron chi connectivity index (χ1n) is 10.5. The van der Waals surface area contributed by atoms with Crippen molar-refractivity contribution >= 4 is 49.9 Å². The third-order valence-electron chi connectivity index (χ3n) is 5.59. The molecule has 0 spiro atoms. The summed E-state index contributed by atoms with van der Waals surface area (Å²) in [5.74, 6) is -0.0657. The van der Waals surface area contributed by atoms with E-state index in [1.165, 1.54) is 46.6 Å². The number of sulfonamides is 1. The lowest BCUT2D eigenvalue weighted by atomic mass is 10.2. The third kappa shape index (κ3) is 4.75. The summed E-state index contributed by atoms with van der Waals surface area (Å²) in [6.07, 6.45) is 0. The van der Waals surface area contributed by atoms with Gasteiger partial charge in [0, 0.05) is 24.8 Å². The van der Waals surface area contributed by atoms with Crippen molar-refractivity contribution in [3.63, 3.8) is 0 Å². The zero-order valence-corrected chi connectivity index (χ0v) is 20.8. The fourth-order valence-electron chi connectivity index (χ4n) is 3.74. The van der Waals surface area contributed by atoms with Crippen LogP contribution in [0.25, 0.3) is 11.0 Å². The van der Waals surface area contributed by atoms with Gasteiger partial charge < -0.3 is 10.1 Å². The second kappa shape index (κ2) is 9.47. The number of nitrogens with zero attached hydrogens (tertiary/aromatic N) is 3. The molecule has 0 atom stereocenters. The van der Waals surface area contributed by atoms with Crippen LogP contribution in [0.3, 0.4) is 0 Å². The van der Waals surface area contributed by atoms with E-state index in [0.29, 0.717) is 27.5 Å². The summed E-state index contributed by atoms with van der Waals surface area (Å²) in [7, 11) is 0.666. The predicted octanol–water partition coefficient (Wildman–Crippen LogP) is 3.37. The van der Waals surface area contributed by atoms with Gasteiger partial charge in [0.05, 0.1) is 28.7 Å². The summed E-state index contributed by atoms with van der Waals surface area (Å²) >= 11 is 6.11. The number of aromatic nitrogens is 2. The molecule has 11 heteroatoms. The second-order valence-corrected chi connectivity index (χ2v) is 10.1. The van der Waals surface area contributed by atoms with Gasteiger partial charge in [-0.15, -0.1) is 0 Å². The maximum atomic E-state index is 13.5. The van der Waals surface area contributed by atoms with E-state index in [9.17, 15) is 18.0 Å². The molecule has 0 bridgehead atoms. The largest absolute Gasteiger partial charge is 0.497 e. The number of hydrogen-bond donors (Lipinski definition) is 1. The molecular formula is C24H23ClN4O5S. The first kappa shape index (κ1) is 24.4.